The molecular weight excluding hydrogens is 210 g/mol. The van der Waals surface area contributed by atoms with E-state index in [4.69, 9.17) is 0 Å². The number of hydrogen-bond donors (Lipinski definition) is 1. The molecule has 1 fully saturated rings. The molecule has 1 aliphatic carbocycles. The number of nitrogens with one attached hydrogen (secondary N) is 1. The molecule has 3 heteroatoms. The molecule has 17 heavy (non-hydrogen) atoms. The van der Waals surface area contributed by atoms with Crippen LogP contribution in [0, 0.1) is 17.8 Å². The van der Waals surface area contributed by atoms with Gasteiger partial charge in [0.2, 0.25) is 0 Å². The van der Waals surface area contributed by atoms with E-state index in [1.807, 2.05) is 12.5 Å². The van der Waals surface area contributed by atoms with Gasteiger partial charge in [-0.05, 0) is 37.1 Å². The maximum Gasteiger partial charge on any atom is 0.0948 e. The predicted molar refractivity (Wildman–Crippen MR) is 70.7 cm³/mol. The van der Waals surface area contributed by atoms with Crippen LogP contribution in [0.2, 0.25) is 0 Å². The fourth-order valence-corrected chi connectivity index (χ4v) is 2.27. The Balaban J connectivity index is 1.82. The number of nitrogens with zero attached hydrogens (tertiary/aromatic N) is 2. The van der Waals surface area contributed by atoms with Gasteiger partial charge in [-0.1, -0.05) is 20.8 Å². The maximum absolute atomic E-state index is 4.28. The topological polar surface area (TPSA) is 29.9 Å². The molecule has 0 aliphatic heterocycles. The van der Waals surface area contributed by atoms with Crippen LogP contribution in [0.15, 0.2) is 12.5 Å². The van der Waals surface area contributed by atoms with Gasteiger partial charge in [0.05, 0.1) is 12.0 Å². The van der Waals surface area contributed by atoms with Crippen molar-refractivity contribution in [1.82, 2.24) is 14.9 Å². The minimum absolute atomic E-state index is 0.705. The van der Waals surface area contributed by atoms with Gasteiger partial charge in [0, 0.05) is 19.3 Å². The fourth-order valence-electron chi connectivity index (χ4n) is 2.27. The number of imidazole rings is 1. The zero-order valence-corrected chi connectivity index (χ0v) is 11.3. The molecule has 96 valence electrons. The van der Waals surface area contributed by atoms with Crippen LogP contribution in [-0.2, 0) is 13.1 Å². The zero-order valence-electron chi connectivity index (χ0n) is 11.3. The second-order valence-electron chi connectivity index (χ2n) is 5.88. The smallest absolute Gasteiger partial charge is 0.0948 e. The van der Waals surface area contributed by atoms with E-state index < -0.39 is 0 Å². The molecule has 2 rings (SSSR count). The largest absolute Gasteiger partial charge is 0.333 e. The summed E-state index contributed by atoms with van der Waals surface area (Å²) < 4.78 is 2.32. The van der Waals surface area contributed by atoms with Crippen LogP contribution in [0.1, 0.15) is 39.3 Å². The average molecular weight is 235 g/mol. The van der Waals surface area contributed by atoms with E-state index in [0.717, 1.165) is 31.5 Å². The highest BCUT2D eigenvalue weighted by Crippen LogP contribution is 2.37. The van der Waals surface area contributed by atoms with Gasteiger partial charge in [-0.15, -0.1) is 0 Å². The molecule has 0 bridgehead atoms. The minimum atomic E-state index is 0.705. The van der Waals surface area contributed by atoms with Gasteiger partial charge in [0.15, 0.2) is 0 Å². The van der Waals surface area contributed by atoms with Gasteiger partial charge in [-0.3, -0.25) is 0 Å². The Hall–Kier alpha value is -0.830. The van der Waals surface area contributed by atoms with E-state index in [1.165, 1.54) is 18.5 Å². The van der Waals surface area contributed by atoms with Crippen LogP contribution in [0.5, 0.6) is 0 Å². The van der Waals surface area contributed by atoms with Gasteiger partial charge in [-0.25, -0.2) is 4.98 Å². The van der Waals surface area contributed by atoms with E-state index in [9.17, 15) is 0 Å². The monoisotopic (exact) mass is 235 g/mol. The van der Waals surface area contributed by atoms with E-state index in [2.05, 4.69) is 35.6 Å². The zero-order chi connectivity index (χ0) is 12.3. The third-order valence-electron chi connectivity index (χ3n) is 3.57. The second kappa shape index (κ2) is 5.67. The Bertz CT molecular complexity index is 339. The molecule has 0 amide bonds. The average Bonchev–Trinajstić information content (AvgIpc) is 3.03. The van der Waals surface area contributed by atoms with Crippen molar-refractivity contribution in [2.75, 3.05) is 6.54 Å². The maximum atomic E-state index is 4.28. The fraction of sp³-hybridized carbons (Fsp3) is 0.786. The lowest BCUT2D eigenvalue weighted by Crippen LogP contribution is -2.21. The Morgan fingerprint density at radius 2 is 2.18 bits per heavy atom. The summed E-state index contributed by atoms with van der Waals surface area (Å²) in [4.78, 5) is 4.28. The minimum Gasteiger partial charge on any atom is -0.333 e. The summed E-state index contributed by atoms with van der Waals surface area (Å²) in [5.41, 5.74) is 1.32. The van der Waals surface area contributed by atoms with Gasteiger partial charge in [0.1, 0.15) is 0 Å². The Morgan fingerprint density at radius 1 is 1.41 bits per heavy atom. The standard InChI is InChI=1S/C14H25N3/c1-11(2)6-15-7-14-8-16-10-17(14)9-12(3)13-4-5-13/h8,10-13,15H,4-7,9H2,1-3H3. The van der Waals surface area contributed by atoms with Gasteiger partial charge >= 0.3 is 0 Å². The summed E-state index contributed by atoms with van der Waals surface area (Å²) in [6, 6.07) is 0. The molecule has 0 aromatic carbocycles. The Morgan fingerprint density at radius 3 is 2.82 bits per heavy atom. The van der Waals surface area contributed by atoms with Crippen LogP contribution < -0.4 is 5.32 Å². The first kappa shape index (κ1) is 12.6. The van der Waals surface area contributed by atoms with Crippen molar-refractivity contribution >= 4 is 0 Å². The van der Waals surface area contributed by atoms with Crippen molar-refractivity contribution < 1.29 is 0 Å². The Kier molecular flexibility index (Phi) is 4.21. The highest BCUT2D eigenvalue weighted by atomic mass is 15.1. The number of aromatic nitrogens is 2. The highest BCUT2D eigenvalue weighted by molar-refractivity contribution is 4.98. The lowest BCUT2D eigenvalue weighted by molar-refractivity contribution is 0.418. The first-order valence-electron chi connectivity index (χ1n) is 6.86. The van der Waals surface area contributed by atoms with Crippen molar-refractivity contribution in [1.29, 1.82) is 0 Å². The normalized spacial score (nSPS) is 17.6. The van der Waals surface area contributed by atoms with Gasteiger partial charge in [-0.2, -0.15) is 0 Å². The molecule has 1 saturated carbocycles. The summed E-state index contributed by atoms with van der Waals surface area (Å²) in [7, 11) is 0. The molecule has 1 aromatic heterocycles. The molecule has 1 heterocycles. The first-order chi connectivity index (χ1) is 8.16. The van der Waals surface area contributed by atoms with E-state index in [0.29, 0.717) is 5.92 Å². The lowest BCUT2D eigenvalue weighted by atomic mass is 10.1. The number of hydrogen-bond acceptors (Lipinski definition) is 2. The highest BCUT2D eigenvalue weighted by Gasteiger charge is 2.28. The van der Waals surface area contributed by atoms with Crippen LogP contribution in [0.25, 0.3) is 0 Å². The Labute approximate surface area is 105 Å². The quantitative estimate of drug-likeness (QED) is 0.787. The van der Waals surface area contributed by atoms with E-state index in [1.54, 1.807) is 0 Å². The third kappa shape index (κ3) is 3.84. The van der Waals surface area contributed by atoms with Crippen LogP contribution in [-0.4, -0.2) is 16.1 Å². The number of rotatable bonds is 7. The third-order valence-corrected chi connectivity index (χ3v) is 3.57. The van der Waals surface area contributed by atoms with E-state index in [-0.39, 0.29) is 0 Å². The van der Waals surface area contributed by atoms with Gasteiger partial charge in [0.25, 0.3) is 0 Å². The molecular formula is C14H25N3. The molecule has 0 radical (unpaired) electrons. The summed E-state index contributed by atoms with van der Waals surface area (Å²) >= 11 is 0. The molecule has 1 aliphatic rings. The van der Waals surface area contributed by atoms with Crippen molar-refractivity contribution in [3.8, 4) is 0 Å². The summed E-state index contributed by atoms with van der Waals surface area (Å²) in [5, 5.41) is 3.48. The molecule has 1 aromatic rings. The van der Waals surface area contributed by atoms with Crippen LogP contribution >= 0.6 is 0 Å². The summed E-state index contributed by atoms with van der Waals surface area (Å²) in [6.45, 7) is 9.98. The van der Waals surface area contributed by atoms with E-state index >= 15 is 0 Å². The van der Waals surface area contributed by atoms with Gasteiger partial charge < -0.3 is 9.88 Å². The molecule has 0 spiro atoms. The molecule has 0 saturated heterocycles. The van der Waals surface area contributed by atoms with Crippen molar-refractivity contribution in [2.24, 2.45) is 17.8 Å². The second-order valence-corrected chi connectivity index (χ2v) is 5.88. The molecule has 1 atom stereocenters. The molecule has 1 N–H and O–H groups in total. The molecule has 3 nitrogen and oxygen atoms in total. The van der Waals surface area contributed by atoms with Crippen molar-refractivity contribution in [3.05, 3.63) is 18.2 Å². The SMILES string of the molecule is CC(C)CNCc1cncn1CC(C)C1CC1. The lowest BCUT2D eigenvalue weighted by Gasteiger charge is -2.14. The van der Waals surface area contributed by atoms with Crippen molar-refractivity contribution in [3.63, 3.8) is 0 Å². The summed E-state index contributed by atoms with van der Waals surface area (Å²) in [5.74, 6) is 2.47. The van der Waals surface area contributed by atoms with Crippen LogP contribution in [0.3, 0.4) is 0 Å². The summed E-state index contributed by atoms with van der Waals surface area (Å²) in [6.07, 6.45) is 6.83. The van der Waals surface area contributed by atoms with Crippen molar-refractivity contribution in [2.45, 2.75) is 46.7 Å². The van der Waals surface area contributed by atoms with Crippen LogP contribution in [0.4, 0.5) is 0 Å². The predicted octanol–water partition coefficient (Wildman–Crippen LogP) is 2.67. The molecule has 1 unspecified atom stereocenters. The first-order valence-corrected chi connectivity index (χ1v) is 6.86.